The molecule has 0 amide bonds. The monoisotopic (exact) mass is 421 g/mol. The Kier molecular flexibility index (Phi) is 5.53. The minimum Gasteiger partial charge on any atom is -0.497 e. The van der Waals surface area contributed by atoms with E-state index in [-0.39, 0.29) is 5.56 Å². The number of rotatable bonds is 7. The third kappa shape index (κ3) is 3.92. The molecule has 31 heavy (non-hydrogen) atoms. The SMILES string of the molecule is COc1ccc(Cc2cc(=O)n3[nH]c(-c4ccc(OC)cc4OC)cc3n2)c(OC)c1. The number of H-pyrrole nitrogens is 1. The van der Waals surface area contributed by atoms with E-state index in [2.05, 4.69) is 10.1 Å². The van der Waals surface area contributed by atoms with Gasteiger partial charge in [0.1, 0.15) is 23.0 Å². The number of fused-ring (bicyclic) bond motifs is 1. The standard InChI is InChI=1S/C23H23N3O5/c1-28-16-6-5-14(20(11-16)30-3)9-15-10-23(27)26-22(24-15)13-19(25-26)18-8-7-17(29-2)12-21(18)31-4/h5-8,10-13,25H,9H2,1-4H3. The smallest absolute Gasteiger partial charge is 0.272 e. The zero-order valence-corrected chi connectivity index (χ0v) is 17.8. The lowest BCUT2D eigenvalue weighted by Crippen LogP contribution is -2.15. The number of benzene rings is 2. The summed E-state index contributed by atoms with van der Waals surface area (Å²) in [5.74, 6) is 2.69. The van der Waals surface area contributed by atoms with Gasteiger partial charge >= 0.3 is 0 Å². The van der Waals surface area contributed by atoms with Gasteiger partial charge in [-0.3, -0.25) is 9.89 Å². The maximum atomic E-state index is 12.7. The lowest BCUT2D eigenvalue weighted by Gasteiger charge is -2.10. The quantitative estimate of drug-likeness (QED) is 0.493. The zero-order chi connectivity index (χ0) is 22.0. The predicted molar refractivity (Wildman–Crippen MR) is 117 cm³/mol. The molecule has 0 aliphatic rings. The van der Waals surface area contributed by atoms with E-state index in [0.717, 1.165) is 11.1 Å². The Morgan fingerprint density at radius 3 is 2.19 bits per heavy atom. The average molecular weight is 421 g/mol. The second-order valence-corrected chi connectivity index (χ2v) is 6.87. The molecule has 160 valence electrons. The molecule has 2 aromatic heterocycles. The van der Waals surface area contributed by atoms with E-state index < -0.39 is 0 Å². The van der Waals surface area contributed by atoms with E-state index in [1.165, 1.54) is 10.6 Å². The molecule has 0 fully saturated rings. The number of nitrogens with one attached hydrogen (secondary N) is 1. The molecule has 8 heteroatoms. The van der Waals surface area contributed by atoms with E-state index >= 15 is 0 Å². The zero-order valence-electron chi connectivity index (χ0n) is 17.8. The molecule has 0 atom stereocenters. The first-order chi connectivity index (χ1) is 15.1. The van der Waals surface area contributed by atoms with Gasteiger partial charge in [-0.15, -0.1) is 0 Å². The highest BCUT2D eigenvalue weighted by atomic mass is 16.5. The van der Waals surface area contributed by atoms with Crippen molar-refractivity contribution in [3.8, 4) is 34.3 Å². The molecule has 4 rings (SSSR count). The van der Waals surface area contributed by atoms with E-state index in [0.29, 0.717) is 46.5 Å². The lowest BCUT2D eigenvalue weighted by molar-refractivity contribution is 0.391. The Hall–Kier alpha value is -3.94. The van der Waals surface area contributed by atoms with E-state index in [9.17, 15) is 4.79 Å². The fourth-order valence-corrected chi connectivity index (χ4v) is 3.48. The topological polar surface area (TPSA) is 87.1 Å². The van der Waals surface area contributed by atoms with Gasteiger partial charge in [-0.05, 0) is 18.2 Å². The van der Waals surface area contributed by atoms with Crippen LogP contribution >= 0.6 is 0 Å². The van der Waals surface area contributed by atoms with Gasteiger partial charge in [0.2, 0.25) is 0 Å². The Labute approximate surface area is 179 Å². The second kappa shape index (κ2) is 8.43. The van der Waals surface area contributed by atoms with Gasteiger partial charge in [-0.1, -0.05) is 6.07 Å². The highest BCUT2D eigenvalue weighted by molar-refractivity contribution is 5.71. The van der Waals surface area contributed by atoms with Crippen LogP contribution in [0.4, 0.5) is 0 Å². The molecule has 0 aliphatic heterocycles. The minimum absolute atomic E-state index is 0.203. The van der Waals surface area contributed by atoms with E-state index in [4.69, 9.17) is 18.9 Å². The van der Waals surface area contributed by atoms with E-state index in [1.54, 1.807) is 34.5 Å². The number of hydrogen-bond donors (Lipinski definition) is 1. The van der Waals surface area contributed by atoms with Crippen LogP contribution in [0.2, 0.25) is 0 Å². The molecule has 0 saturated heterocycles. The van der Waals surface area contributed by atoms with E-state index in [1.807, 2.05) is 36.4 Å². The molecule has 0 spiro atoms. The van der Waals surface area contributed by atoms with Crippen LogP contribution in [-0.4, -0.2) is 43.0 Å². The van der Waals surface area contributed by atoms with Crippen LogP contribution in [0.3, 0.4) is 0 Å². The number of methoxy groups -OCH3 is 4. The van der Waals surface area contributed by atoms with Gasteiger partial charge in [-0.2, -0.15) is 0 Å². The highest BCUT2D eigenvalue weighted by Crippen LogP contribution is 2.33. The average Bonchev–Trinajstić information content (AvgIpc) is 3.23. The van der Waals surface area contributed by atoms with Crippen molar-refractivity contribution in [2.45, 2.75) is 6.42 Å². The molecule has 4 aromatic rings. The third-order valence-electron chi connectivity index (χ3n) is 5.07. The molecule has 0 aliphatic carbocycles. The molecule has 2 heterocycles. The first-order valence-electron chi connectivity index (χ1n) is 9.61. The molecule has 0 unspecified atom stereocenters. The number of ether oxygens (including phenoxy) is 4. The Balaban J connectivity index is 1.73. The van der Waals surface area contributed by atoms with Crippen molar-refractivity contribution in [2.24, 2.45) is 0 Å². The number of aromatic nitrogens is 3. The van der Waals surface area contributed by atoms with Gasteiger partial charge in [0.05, 0.1) is 39.8 Å². The van der Waals surface area contributed by atoms with Crippen LogP contribution in [0.15, 0.2) is 53.3 Å². The van der Waals surface area contributed by atoms with Crippen LogP contribution in [-0.2, 0) is 6.42 Å². The molecular weight excluding hydrogens is 398 g/mol. The molecular formula is C23H23N3O5. The highest BCUT2D eigenvalue weighted by Gasteiger charge is 2.14. The Morgan fingerprint density at radius 1 is 0.839 bits per heavy atom. The number of nitrogens with zero attached hydrogens (tertiary/aromatic N) is 2. The fourth-order valence-electron chi connectivity index (χ4n) is 3.48. The fraction of sp³-hybridized carbons (Fsp3) is 0.217. The summed E-state index contributed by atoms with van der Waals surface area (Å²) in [7, 11) is 6.39. The predicted octanol–water partition coefficient (Wildman–Crippen LogP) is 3.31. The summed E-state index contributed by atoms with van der Waals surface area (Å²) in [5, 5.41) is 3.10. The van der Waals surface area contributed by atoms with Gasteiger partial charge < -0.3 is 18.9 Å². The minimum atomic E-state index is -0.203. The van der Waals surface area contributed by atoms with Crippen molar-refractivity contribution < 1.29 is 18.9 Å². The van der Waals surface area contributed by atoms with Crippen molar-refractivity contribution >= 4 is 5.65 Å². The summed E-state index contributed by atoms with van der Waals surface area (Å²) in [6, 6.07) is 14.4. The van der Waals surface area contributed by atoms with Gasteiger partial charge in [0.15, 0.2) is 5.65 Å². The van der Waals surface area contributed by atoms with Crippen molar-refractivity contribution in [1.29, 1.82) is 0 Å². The third-order valence-corrected chi connectivity index (χ3v) is 5.07. The van der Waals surface area contributed by atoms with Gasteiger partial charge in [0.25, 0.3) is 5.56 Å². The maximum absolute atomic E-state index is 12.7. The normalized spacial score (nSPS) is 10.8. The largest absolute Gasteiger partial charge is 0.497 e. The summed E-state index contributed by atoms with van der Waals surface area (Å²) < 4.78 is 22.9. The summed E-state index contributed by atoms with van der Waals surface area (Å²) in [6.07, 6.45) is 0.450. The number of hydrogen-bond acceptors (Lipinski definition) is 6. The molecule has 8 nitrogen and oxygen atoms in total. The Bertz CT molecular complexity index is 1290. The van der Waals surface area contributed by atoms with Crippen LogP contribution in [0.25, 0.3) is 16.9 Å². The summed E-state index contributed by atoms with van der Waals surface area (Å²) >= 11 is 0. The van der Waals surface area contributed by atoms with Crippen LogP contribution in [0, 0.1) is 0 Å². The molecule has 0 saturated carbocycles. The lowest BCUT2D eigenvalue weighted by atomic mass is 10.1. The van der Waals surface area contributed by atoms with Crippen molar-refractivity contribution in [2.75, 3.05) is 28.4 Å². The number of aromatic amines is 1. The summed E-state index contributed by atoms with van der Waals surface area (Å²) in [6.45, 7) is 0. The van der Waals surface area contributed by atoms with Crippen molar-refractivity contribution in [3.05, 3.63) is 70.1 Å². The van der Waals surface area contributed by atoms with Gasteiger partial charge in [-0.25, -0.2) is 9.50 Å². The van der Waals surface area contributed by atoms with Crippen molar-refractivity contribution in [3.63, 3.8) is 0 Å². The van der Waals surface area contributed by atoms with Gasteiger partial charge in [0, 0.05) is 41.8 Å². The molecule has 1 N–H and O–H groups in total. The van der Waals surface area contributed by atoms with Crippen LogP contribution in [0.1, 0.15) is 11.3 Å². The summed E-state index contributed by atoms with van der Waals surface area (Å²) in [5.41, 5.74) is 3.37. The summed E-state index contributed by atoms with van der Waals surface area (Å²) in [4.78, 5) is 17.4. The first kappa shape index (κ1) is 20.3. The second-order valence-electron chi connectivity index (χ2n) is 6.87. The first-order valence-corrected chi connectivity index (χ1v) is 9.61. The molecule has 0 bridgehead atoms. The van der Waals surface area contributed by atoms with Crippen molar-refractivity contribution in [1.82, 2.24) is 14.6 Å². The Morgan fingerprint density at radius 2 is 1.52 bits per heavy atom. The molecule has 0 radical (unpaired) electrons. The van der Waals surface area contributed by atoms with Crippen LogP contribution < -0.4 is 24.5 Å². The molecule has 2 aromatic carbocycles. The van der Waals surface area contributed by atoms with Crippen LogP contribution in [0.5, 0.6) is 23.0 Å². The maximum Gasteiger partial charge on any atom is 0.272 e.